The van der Waals surface area contributed by atoms with Gasteiger partial charge < -0.3 is 9.15 Å². The number of thioether (sulfide) groups is 1. The van der Waals surface area contributed by atoms with Gasteiger partial charge in [-0.05, 0) is 48.9 Å². The fraction of sp³-hybridized carbons (Fsp3) is 0.176. The lowest BCUT2D eigenvalue weighted by molar-refractivity contribution is 0.252. The largest absolute Gasteiger partial charge is 0.484 e. The highest BCUT2D eigenvalue weighted by atomic mass is 35.5. The Morgan fingerprint density at radius 2 is 1.83 bits per heavy atom. The first-order valence-corrected chi connectivity index (χ1v) is 8.49. The molecule has 1 heterocycles. The molecule has 3 rings (SSSR count). The third-order valence-corrected chi connectivity index (χ3v) is 4.49. The van der Waals surface area contributed by atoms with Crippen LogP contribution in [0.5, 0.6) is 5.75 Å². The van der Waals surface area contributed by atoms with Crippen molar-refractivity contribution >= 4 is 23.4 Å². The summed E-state index contributed by atoms with van der Waals surface area (Å²) < 4.78 is 24.1. The maximum atomic E-state index is 13.0. The zero-order valence-corrected chi connectivity index (χ0v) is 14.4. The van der Waals surface area contributed by atoms with Gasteiger partial charge in [-0.2, -0.15) is 0 Å². The van der Waals surface area contributed by atoms with Crippen LogP contribution in [0, 0.1) is 5.82 Å². The summed E-state index contributed by atoms with van der Waals surface area (Å²) in [5.74, 6) is 0.806. The van der Waals surface area contributed by atoms with Crippen LogP contribution in [0.2, 0.25) is 5.02 Å². The van der Waals surface area contributed by atoms with Crippen LogP contribution in [-0.4, -0.2) is 10.2 Å². The van der Waals surface area contributed by atoms with Gasteiger partial charge in [0.05, 0.1) is 0 Å². The minimum Gasteiger partial charge on any atom is -0.484 e. The van der Waals surface area contributed by atoms with Crippen molar-refractivity contribution in [3.8, 4) is 5.75 Å². The van der Waals surface area contributed by atoms with Crippen molar-refractivity contribution in [3.05, 3.63) is 70.8 Å². The van der Waals surface area contributed by atoms with E-state index in [4.69, 9.17) is 20.8 Å². The molecule has 0 spiro atoms. The van der Waals surface area contributed by atoms with E-state index < -0.39 is 0 Å². The van der Waals surface area contributed by atoms with Gasteiger partial charge in [-0.3, -0.25) is 0 Å². The van der Waals surface area contributed by atoms with Gasteiger partial charge in [-0.25, -0.2) is 4.39 Å². The highest BCUT2D eigenvalue weighted by molar-refractivity contribution is 7.99. The number of rotatable bonds is 6. The summed E-state index contributed by atoms with van der Waals surface area (Å²) in [6, 6.07) is 13.4. The van der Waals surface area contributed by atoms with Gasteiger partial charge >= 0.3 is 0 Å². The summed E-state index contributed by atoms with van der Waals surface area (Å²) in [5, 5.41) is 9.12. The van der Waals surface area contributed by atoms with Gasteiger partial charge in [0.2, 0.25) is 0 Å². The molecule has 3 aromatic rings. The molecule has 0 aliphatic rings. The molecule has 0 saturated heterocycles. The molecule has 4 nitrogen and oxygen atoms in total. The first kappa shape index (κ1) is 16.8. The van der Waals surface area contributed by atoms with Crippen molar-refractivity contribution in [2.24, 2.45) is 0 Å². The van der Waals surface area contributed by atoms with Gasteiger partial charge in [-0.15, -0.1) is 10.2 Å². The maximum Gasteiger partial charge on any atom is 0.277 e. The molecule has 0 fully saturated rings. The fourth-order valence-electron chi connectivity index (χ4n) is 1.97. The minimum absolute atomic E-state index is 0.0658. The second-order valence-corrected chi connectivity index (χ2v) is 6.74. The van der Waals surface area contributed by atoms with Crippen molar-refractivity contribution in [2.75, 3.05) is 0 Å². The SMILES string of the molecule is C[C@@H](Sc1nnc(COc2ccc(Cl)cc2)o1)c1ccc(F)cc1. The third kappa shape index (κ3) is 4.49. The van der Waals surface area contributed by atoms with Crippen molar-refractivity contribution in [1.29, 1.82) is 0 Å². The number of ether oxygens (including phenoxy) is 1. The quantitative estimate of drug-likeness (QED) is 0.556. The monoisotopic (exact) mass is 364 g/mol. The van der Waals surface area contributed by atoms with Crippen LogP contribution in [-0.2, 0) is 6.61 Å². The summed E-state index contributed by atoms with van der Waals surface area (Å²) >= 11 is 7.23. The van der Waals surface area contributed by atoms with Crippen LogP contribution < -0.4 is 4.74 Å². The van der Waals surface area contributed by atoms with Crippen LogP contribution >= 0.6 is 23.4 Å². The highest BCUT2D eigenvalue weighted by Gasteiger charge is 2.13. The molecule has 1 atom stereocenters. The van der Waals surface area contributed by atoms with Crippen molar-refractivity contribution < 1.29 is 13.5 Å². The van der Waals surface area contributed by atoms with Gasteiger partial charge in [0.15, 0.2) is 6.61 Å². The molecular formula is C17H14ClFN2O2S. The average Bonchev–Trinajstić information content (AvgIpc) is 3.02. The van der Waals surface area contributed by atoms with Crippen LogP contribution in [0.25, 0.3) is 0 Å². The second kappa shape index (κ2) is 7.68. The van der Waals surface area contributed by atoms with E-state index in [0.29, 0.717) is 21.9 Å². The summed E-state index contributed by atoms with van der Waals surface area (Å²) in [6.45, 7) is 2.17. The standard InChI is InChI=1S/C17H14ClFN2O2S/c1-11(12-2-6-14(19)7-3-12)24-17-21-20-16(23-17)10-22-15-8-4-13(18)5-9-15/h2-9,11H,10H2,1H3/t11-/m1/s1. The van der Waals surface area contributed by atoms with Gasteiger partial charge in [0.25, 0.3) is 11.1 Å². The van der Waals surface area contributed by atoms with Crippen LogP contribution in [0.4, 0.5) is 4.39 Å². The van der Waals surface area contributed by atoms with E-state index >= 15 is 0 Å². The second-order valence-electron chi connectivity index (χ2n) is 5.02. The highest BCUT2D eigenvalue weighted by Crippen LogP contribution is 2.33. The molecule has 0 unspecified atom stereocenters. The first-order chi connectivity index (χ1) is 11.6. The summed E-state index contributed by atoms with van der Waals surface area (Å²) in [5.41, 5.74) is 0.985. The Hall–Kier alpha value is -2.05. The number of halogens is 2. The summed E-state index contributed by atoms with van der Waals surface area (Å²) in [7, 11) is 0. The van der Waals surface area contributed by atoms with Crippen LogP contribution in [0.1, 0.15) is 23.6 Å². The Balaban J connectivity index is 1.56. The summed E-state index contributed by atoms with van der Waals surface area (Å²) in [4.78, 5) is 0. The van der Waals surface area contributed by atoms with E-state index in [-0.39, 0.29) is 17.7 Å². The number of aromatic nitrogens is 2. The zero-order valence-electron chi connectivity index (χ0n) is 12.8. The molecule has 0 N–H and O–H groups in total. The van der Waals surface area contributed by atoms with E-state index in [0.717, 1.165) is 5.56 Å². The molecule has 1 aromatic heterocycles. The predicted octanol–water partition coefficient (Wildman–Crippen LogP) is 5.29. The van der Waals surface area contributed by atoms with Crippen molar-refractivity contribution in [2.45, 2.75) is 24.0 Å². The Morgan fingerprint density at radius 1 is 1.12 bits per heavy atom. The van der Waals surface area contributed by atoms with Gasteiger partial charge in [-0.1, -0.05) is 35.5 Å². The lowest BCUT2D eigenvalue weighted by Crippen LogP contribution is -1.95. The molecule has 0 aliphatic carbocycles. The topological polar surface area (TPSA) is 48.2 Å². The lowest BCUT2D eigenvalue weighted by Gasteiger charge is -2.08. The zero-order chi connectivity index (χ0) is 16.9. The Morgan fingerprint density at radius 3 is 2.54 bits per heavy atom. The van der Waals surface area contributed by atoms with E-state index in [1.807, 2.05) is 6.92 Å². The van der Waals surface area contributed by atoms with Crippen molar-refractivity contribution in [1.82, 2.24) is 10.2 Å². The predicted molar refractivity (Wildman–Crippen MR) is 90.8 cm³/mol. The van der Waals surface area contributed by atoms with Gasteiger partial charge in [0, 0.05) is 10.3 Å². The number of hydrogen-bond donors (Lipinski definition) is 0. The summed E-state index contributed by atoms with van der Waals surface area (Å²) in [6.07, 6.45) is 0. The van der Waals surface area contributed by atoms with E-state index in [1.165, 1.54) is 23.9 Å². The maximum absolute atomic E-state index is 13.0. The molecule has 124 valence electrons. The number of hydrogen-bond acceptors (Lipinski definition) is 5. The average molecular weight is 365 g/mol. The molecule has 2 aromatic carbocycles. The molecule has 0 bridgehead atoms. The van der Waals surface area contributed by atoms with E-state index in [9.17, 15) is 4.39 Å². The van der Waals surface area contributed by atoms with E-state index in [1.54, 1.807) is 36.4 Å². The van der Waals surface area contributed by atoms with Crippen LogP contribution in [0.15, 0.2) is 58.2 Å². The Bertz CT molecular complexity index is 793. The molecule has 0 amide bonds. The van der Waals surface area contributed by atoms with Crippen LogP contribution in [0.3, 0.4) is 0 Å². The molecule has 0 aliphatic heterocycles. The number of benzene rings is 2. The fourth-order valence-corrected chi connectivity index (χ4v) is 2.93. The molecule has 7 heteroatoms. The third-order valence-electron chi connectivity index (χ3n) is 3.24. The normalized spacial score (nSPS) is 12.1. The smallest absolute Gasteiger partial charge is 0.277 e. The van der Waals surface area contributed by atoms with Crippen molar-refractivity contribution in [3.63, 3.8) is 0 Å². The lowest BCUT2D eigenvalue weighted by atomic mass is 10.2. The molecule has 24 heavy (non-hydrogen) atoms. The minimum atomic E-state index is -0.254. The Kier molecular flexibility index (Phi) is 5.37. The Labute approximate surface area is 148 Å². The van der Waals surface area contributed by atoms with Gasteiger partial charge in [0.1, 0.15) is 11.6 Å². The van der Waals surface area contributed by atoms with E-state index in [2.05, 4.69) is 10.2 Å². The number of nitrogens with zero attached hydrogens (tertiary/aromatic N) is 2. The first-order valence-electron chi connectivity index (χ1n) is 7.23. The molecule has 0 radical (unpaired) electrons. The molecule has 0 saturated carbocycles. The molecular weight excluding hydrogens is 351 g/mol.